The quantitative estimate of drug-likeness (QED) is 0.692. The number of carbonyl (C=O) groups excluding carboxylic acids is 2. The van der Waals surface area contributed by atoms with Crippen molar-refractivity contribution in [2.24, 2.45) is 0 Å². The van der Waals surface area contributed by atoms with Crippen molar-refractivity contribution in [1.82, 2.24) is 0 Å². The van der Waals surface area contributed by atoms with E-state index in [0.29, 0.717) is 16.9 Å². The Balaban J connectivity index is 1.71. The van der Waals surface area contributed by atoms with Crippen LogP contribution in [-0.2, 0) is 0 Å². The third-order valence-corrected chi connectivity index (χ3v) is 3.76. The number of carbonyl (C=O) groups is 2. The van der Waals surface area contributed by atoms with E-state index in [0.717, 1.165) is 4.47 Å². The van der Waals surface area contributed by atoms with Crippen LogP contribution < -0.4 is 10.6 Å². The normalized spacial score (nSPS) is 10.2. The van der Waals surface area contributed by atoms with Crippen molar-refractivity contribution in [2.75, 3.05) is 10.6 Å². The maximum Gasteiger partial charge on any atom is 0.291 e. The van der Waals surface area contributed by atoms with Crippen molar-refractivity contribution >= 4 is 39.1 Å². The Morgan fingerprint density at radius 1 is 0.833 bits per heavy atom. The second kappa shape index (κ2) is 7.14. The summed E-state index contributed by atoms with van der Waals surface area (Å²) in [6, 6.07) is 17.2. The summed E-state index contributed by atoms with van der Waals surface area (Å²) in [5, 5.41) is 5.49. The highest BCUT2D eigenvalue weighted by Gasteiger charge is 2.11. The van der Waals surface area contributed by atoms with Gasteiger partial charge in [0.1, 0.15) is 0 Å². The van der Waals surface area contributed by atoms with Crippen molar-refractivity contribution in [1.29, 1.82) is 0 Å². The van der Waals surface area contributed by atoms with E-state index in [2.05, 4.69) is 26.6 Å². The van der Waals surface area contributed by atoms with Crippen LogP contribution in [0.3, 0.4) is 0 Å². The molecule has 2 aromatic carbocycles. The zero-order chi connectivity index (χ0) is 16.9. The number of hydrogen-bond donors (Lipinski definition) is 2. The molecule has 120 valence electrons. The number of rotatable bonds is 4. The summed E-state index contributed by atoms with van der Waals surface area (Å²) < 4.78 is 5.97. The molecule has 0 aliphatic rings. The zero-order valence-corrected chi connectivity index (χ0v) is 14.0. The molecule has 6 heteroatoms. The molecule has 2 N–H and O–H groups in total. The lowest BCUT2D eigenvalue weighted by Crippen LogP contribution is -2.14. The van der Waals surface area contributed by atoms with Gasteiger partial charge >= 0.3 is 0 Å². The molecule has 5 nitrogen and oxygen atoms in total. The molecule has 24 heavy (non-hydrogen) atoms. The minimum atomic E-state index is -0.370. The first-order valence-corrected chi connectivity index (χ1v) is 7.93. The van der Waals surface area contributed by atoms with Crippen molar-refractivity contribution in [2.45, 2.75) is 0 Å². The molecule has 0 atom stereocenters. The Hall–Kier alpha value is -2.86. The predicted molar refractivity (Wildman–Crippen MR) is 95.2 cm³/mol. The van der Waals surface area contributed by atoms with Gasteiger partial charge < -0.3 is 15.1 Å². The van der Waals surface area contributed by atoms with Crippen LogP contribution in [0.4, 0.5) is 11.4 Å². The topological polar surface area (TPSA) is 71.3 Å². The van der Waals surface area contributed by atoms with Crippen LogP contribution in [0.2, 0.25) is 0 Å². The average Bonchev–Trinajstić information content (AvgIpc) is 3.12. The summed E-state index contributed by atoms with van der Waals surface area (Å²) in [5.74, 6) is -0.420. The van der Waals surface area contributed by atoms with Gasteiger partial charge in [0.25, 0.3) is 11.8 Å². The number of hydrogen-bond acceptors (Lipinski definition) is 3. The third kappa shape index (κ3) is 3.91. The van der Waals surface area contributed by atoms with Gasteiger partial charge in [-0.3, -0.25) is 9.59 Å². The van der Waals surface area contributed by atoms with Gasteiger partial charge in [-0.1, -0.05) is 22.0 Å². The molecular formula is C18H13BrN2O3. The van der Waals surface area contributed by atoms with E-state index in [1.54, 1.807) is 48.5 Å². The van der Waals surface area contributed by atoms with E-state index in [-0.39, 0.29) is 17.6 Å². The number of benzene rings is 2. The number of anilines is 2. The van der Waals surface area contributed by atoms with Gasteiger partial charge in [-0.2, -0.15) is 0 Å². The van der Waals surface area contributed by atoms with Crippen LogP contribution in [0.25, 0.3) is 0 Å². The second-order valence-electron chi connectivity index (χ2n) is 4.97. The largest absolute Gasteiger partial charge is 0.459 e. The fourth-order valence-electron chi connectivity index (χ4n) is 2.08. The summed E-state index contributed by atoms with van der Waals surface area (Å²) in [7, 11) is 0. The van der Waals surface area contributed by atoms with Gasteiger partial charge in [0.2, 0.25) is 0 Å². The maximum atomic E-state index is 12.3. The lowest BCUT2D eigenvalue weighted by Gasteiger charge is -2.08. The van der Waals surface area contributed by atoms with Gasteiger partial charge in [0, 0.05) is 21.4 Å². The van der Waals surface area contributed by atoms with Crippen LogP contribution in [-0.4, -0.2) is 11.8 Å². The van der Waals surface area contributed by atoms with E-state index in [1.807, 2.05) is 12.1 Å². The molecule has 1 aromatic heterocycles. The Morgan fingerprint density at radius 3 is 2.29 bits per heavy atom. The molecule has 0 radical (unpaired) electrons. The molecule has 3 rings (SSSR count). The fraction of sp³-hybridized carbons (Fsp3) is 0. The van der Waals surface area contributed by atoms with Gasteiger partial charge in [0.05, 0.1) is 6.26 Å². The van der Waals surface area contributed by atoms with Crippen molar-refractivity contribution in [3.63, 3.8) is 0 Å². The Labute approximate surface area is 146 Å². The highest BCUT2D eigenvalue weighted by molar-refractivity contribution is 9.10. The summed E-state index contributed by atoms with van der Waals surface area (Å²) >= 11 is 3.34. The monoisotopic (exact) mass is 384 g/mol. The minimum absolute atomic E-state index is 0.208. The summed E-state index contributed by atoms with van der Waals surface area (Å²) in [5.41, 5.74) is 1.64. The predicted octanol–water partition coefficient (Wildman–Crippen LogP) is 4.55. The molecular weight excluding hydrogens is 372 g/mol. The number of furan rings is 1. The van der Waals surface area contributed by atoms with Crippen LogP contribution in [0.5, 0.6) is 0 Å². The molecule has 0 saturated heterocycles. The van der Waals surface area contributed by atoms with Gasteiger partial charge in [-0.25, -0.2) is 0 Å². The van der Waals surface area contributed by atoms with E-state index in [4.69, 9.17) is 4.42 Å². The van der Waals surface area contributed by atoms with E-state index in [1.165, 1.54) is 6.26 Å². The average molecular weight is 385 g/mol. The van der Waals surface area contributed by atoms with Crippen LogP contribution in [0, 0.1) is 0 Å². The Bertz CT molecular complexity index is 858. The smallest absolute Gasteiger partial charge is 0.291 e. The first kappa shape index (κ1) is 16.0. The lowest BCUT2D eigenvalue weighted by atomic mass is 10.1. The molecule has 0 bridgehead atoms. The highest BCUT2D eigenvalue weighted by Crippen LogP contribution is 2.17. The van der Waals surface area contributed by atoms with Crippen LogP contribution in [0.1, 0.15) is 20.9 Å². The fourth-order valence-corrected chi connectivity index (χ4v) is 2.34. The SMILES string of the molecule is O=C(Nc1ccc(Br)cc1)c1cccc(NC(=O)c2ccco2)c1. The van der Waals surface area contributed by atoms with Crippen molar-refractivity contribution in [3.8, 4) is 0 Å². The molecule has 0 fully saturated rings. The number of halogens is 1. The summed E-state index contributed by atoms with van der Waals surface area (Å²) in [4.78, 5) is 24.3. The second-order valence-corrected chi connectivity index (χ2v) is 5.89. The molecule has 0 spiro atoms. The molecule has 0 unspecified atom stereocenters. The van der Waals surface area contributed by atoms with Crippen LogP contribution in [0.15, 0.2) is 75.8 Å². The van der Waals surface area contributed by atoms with Crippen molar-refractivity contribution in [3.05, 3.63) is 82.7 Å². The number of amides is 2. The van der Waals surface area contributed by atoms with E-state index < -0.39 is 0 Å². The Kier molecular flexibility index (Phi) is 4.77. The first-order valence-electron chi connectivity index (χ1n) is 7.14. The molecule has 0 aliphatic carbocycles. The minimum Gasteiger partial charge on any atom is -0.459 e. The standard InChI is InChI=1S/C18H13BrN2O3/c19-13-6-8-14(9-7-13)20-17(22)12-3-1-4-15(11-12)21-18(23)16-5-2-10-24-16/h1-11H,(H,20,22)(H,21,23). The molecule has 1 heterocycles. The zero-order valence-electron chi connectivity index (χ0n) is 12.5. The van der Waals surface area contributed by atoms with E-state index >= 15 is 0 Å². The third-order valence-electron chi connectivity index (χ3n) is 3.23. The summed E-state index contributed by atoms with van der Waals surface area (Å²) in [6.45, 7) is 0. The maximum absolute atomic E-state index is 12.3. The highest BCUT2D eigenvalue weighted by atomic mass is 79.9. The molecule has 0 saturated carbocycles. The lowest BCUT2D eigenvalue weighted by molar-refractivity contribution is 0.0993. The van der Waals surface area contributed by atoms with E-state index in [9.17, 15) is 9.59 Å². The Morgan fingerprint density at radius 2 is 1.58 bits per heavy atom. The van der Waals surface area contributed by atoms with Gasteiger partial charge in [0.15, 0.2) is 5.76 Å². The first-order chi connectivity index (χ1) is 11.6. The number of nitrogens with one attached hydrogen (secondary N) is 2. The molecule has 3 aromatic rings. The molecule has 0 aliphatic heterocycles. The van der Waals surface area contributed by atoms with Crippen LogP contribution >= 0.6 is 15.9 Å². The van der Waals surface area contributed by atoms with Crippen molar-refractivity contribution < 1.29 is 14.0 Å². The molecule has 2 amide bonds. The van der Waals surface area contributed by atoms with Gasteiger partial charge in [-0.05, 0) is 54.6 Å². The van der Waals surface area contributed by atoms with Gasteiger partial charge in [-0.15, -0.1) is 0 Å². The summed E-state index contributed by atoms with van der Waals surface area (Å²) in [6.07, 6.45) is 1.43.